The highest BCUT2D eigenvalue weighted by atomic mass is 16.3. The van der Waals surface area contributed by atoms with Crippen molar-refractivity contribution in [2.45, 2.75) is 40.2 Å². The molecule has 0 heterocycles. The smallest absolute Gasteiger partial charge is 0.141 e. The van der Waals surface area contributed by atoms with Crippen LogP contribution in [0.3, 0.4) is 0 Å². The average Bonchev–Trinajstić information content (AvgIpc) is 1.97. The maximum atomic E-state index is 11.7. The van der Waals surface area contributed by atoms with Gasteiger partial charge in [-0.3, -0.25) is 4.79 Å². The lowest BCUT2D eigenvalue weighted by atomic mass is 9.66. The second-order valence-corrected chi connectivity index (χ2v) is 4.67. The lowest BCUT2D eigenvalue weighted by molar-refractivity contribution is -0.142. The zero-order valence-electron chi connectivity index (χ0n) is 8.29. The van der Waals surface area contributed by atoms with E-state index in [0.717, 1.165) is 0 Å². The Morgan fingerprint density at radius 2 is 1.92 bits per heavy atom. The summed E-state index contributed by atoms with van der Waals surface area (Å²) in [5, 5.41) is 9.65. The molecule has 0 spiro atoms. The minimum absolute atomic E-state index is 0.00347. The maximum absolute atomic E-state index is 11.7. The van der Waals surface area contributed by atoms with E-state index in [2.05, 4.69) is 0 Å². The first-order chi connectivity index (χ1) is 5.36. The third-order valence-electron chi connectivity index (χ3n) is 3.20. The van der Waals surface area contributed by atoms with Gasteiger partial charge in [-0.05, 0) is 12.3 Å². The molecule has 1 aliphatic rings. The molecule has 0 saturated heterocycles. The molecular formula is C10H18O2. The highest BCUT2D eigenvalue weighted by molar-refractivity contribution is 5.87. The van der Waals surface area contributed by atoms with Crippen LogP contribution in [0.4, 0.5) is 0 Å². The summed E-state index contributed by atoms with van der Waals surface area (Å²) in [5.41, 5.74) is -0.328. The monoisotopic (exact) mass is 170 g/mol. The number of hydrogen-bond acceptors (Lipinski definition) is 2. The molecule has 0 aromatic heterocycles. The van der Waals surface area contributed by atoms with Gasteiger partial charge in [-0.1, -0.05) is 27.7 Å². The van der Waals surface area contributed by atoms with Crippen molar-refractivity contribution in [3.05, 3.63) is 0 Å². The highest BCUT2D eigenvalue weighted by Crippen LogP contribution is 2.38. The number of Topliss-reactive ketones (excluding diaryl/α,β-unsaturated/α-hetero) is 1. The fraction of sp³-hybridized carbons (Fsp3) is 0.900. The molecule has 0 bridgehead atoms. The van der Waals surface area contributed by atoms with Crippen LogP contribution in [0, 0.1) is 17.3 Å². The van der Waals surface area contributed by atoms with E-state index in [4.69, 9.17) is 0 Å². The summed E-state index contributed by atoms with van der Waals surface area (Å²) in [4.78, 5) is 11.7. The second-order valence-electron chi connectivity index (χ2n) is 4.67. The summed E-state index contributed by atoms with van der Waals surface area (Å²) in [6.45, 7) is 7.70. The van der Waals surface area contributed by atoms with Gasteiger partial charge in [0.1, 0.15) is 5.78 Å². The number of carbonyl (C=O) groups is 1. The molecule has 0 aliphatic heterocycles. The van der Waals surface area contributed by atoms with Gasteiger partial charge >= 0.3 is 0 Å². The van der Waals surface area contributed by atoms with Crippen LogP contribution in [0.1, 0.15) is 34.1 Å². The van der Waals surface area contributed by atoms with Crippen LogP contribution in [0.15, 0.2) is 0 Å². The summed E-state index contributed by atoms with van der Waals surface area (Å²) in [5.74, 6) is 0.412. The molecule has 2 nitrogen and oxygen atoms in total. The van der Waals surface area contributed by atoms with Gasteiger partial charge in [0.2, 0.25) is 0 Å². The van der Waals surface area contributed by atoms with E-state index in [9.17, 15) is 9.90 Å². The first kappa shape index (κ1) is 9.72. The van der Waals surface area contributed by atoms with E-state index in [1.165, 1.54) is 0 Å². The lowest BCUT2D eigenvalue weighted by Crippen LogP contribution is -2.45. The number of rotatable bonds is 0. The first-order valence-electron chi connectivity index (χ1n) is 4.58. The van der Waals surface area contributed by atoms with Crippen LogP contribution in [0.5, 0.6) is 0 Å². The Hall–Kier alpha value is -0.370. The van der Waals surface area contributed by atoms with Crippen LogP contribution in [-0.4, -0.2) is 17.0 Å². The standard InChI is InChI=1S/C10H18O2/c1-6-7(2)9(12)10(3,4)5-8(6)11/h6-8,11H,5H2,1-4H3/t6-,7+,8+/m1/s1. The SMILES string of the molecule is C[C@@H]1[C@H](C)C(=O)C(C)(C)C[C@@H]1O. The Morgan fingerprint density at radius 1 is 1.42 bits per heavy atom. The Kier molecular flexibility index (Phi) is 2.30. The van der Waals surface area contributed by atoms with E-state index in [-0.39, 0.29) is 23.4 Å². The topological polar surface area (TPSA) is 37.3 Å². The van der Waals surface area contributed by atoms with Gasteiger partial charge in [-0.2, -0.15) is 0 Å². The third kappa shape index (κ3) is 1.40. The second kappa shape index (κ2) is 2.84. The van der Waals surface area contributed by atoms with Crippen LogP contribution >= 0.6 is 0 Å². The molecule has 3 atom stereocenters. The molecule has 2 heteroatoms. The fourth-order valence-electron chi connectivity index (χ4n) is 2.00. The zero-order valence-corrected chi connectivity index (χ0v) is 8.29. The van der Waals surface area contributed by atoms with Crippen molar-refractivity contribution in [1.82, 2.24) is 0 Å². The zero-order chi connectivity index (χ0) is 9.52. The normalized spacial score (nSPS) is 41.4. The van der Waals surface area contributed by atoms with Crippen molar-refractivity contribution < 1.29 is 9.90 Å². The highest BCUT2D eigenvalue weighted by Gasteiger charge is 2.43. The molecular weight excluding hydrogens is 152 g/mol. The van der Waals surface area contributed by atoms with Crippen molar-refractivity contribution in [3.8, 4) is 0 Å². The van der Waals surface area contributed by atoms with E-state index in [1.54, 1.807) is 0 Å². The quantitative estimate of drug-likeness (QED) is 0.600. The van der Waals surface area contributed by atoms with Crippen molar-refractivity contribution in [2.75, 3.05) is 0 Å². The van der Waals surface area contributed by atoms with Gasteiger partial charge < -0.3 is 5.11 Å². The van der Waals surface area contributed by atoms with E-state index < -0.39 is 0 Å². The fourth-order valence-corrected chi connectivity index (χ4v) is 2.00. The Labute approximate surface area is 74.0 Å². The summed E-state index contributed by atoms with van der Waals surface area (Å²) >= 11 is 0. The summed E-state index contributed by atoms with van der Waals surface area (Å²) in [7, 11) is 0. The predicted molar refractivity (Wildman–Crippen MR) is 47.7 cm³/mol. The van der Waals surface area contributed by atoms with Crippen LogP contribution < -0.4 is 0 Å². The molecule has 1 aliphatic carbocycles. The van der Waals surface area contributed by atoms with E-state index >= 15 is 0 Å². The molecule has 0 aromatic rings. The van der Waals surface area contributed by atoms with E-state index in [1.807, 2.05) is 27.7 Å². The number of aliphatic hydroxyl groups is 1. The van der Waals surface area contributed by atoms with Gasteiger partial charge in [0.15, 0.2) is 0 Å². The van der Waals surface area contributed by atoms with Crippen molar-refractivity contribution in [1.29, 1.82) is 0 Å². The minimum Gasteiger partial charge on any atom is -0.393 e. The third-order valence-corrected chi connectivity index (χ3v) is 3.20. The van der Waals surface area contributed by atoms with Crippen LogP contribution in [0.2, 0.25) is 0 Å². The Bertz CT molecular complexity index is 196. The van der Waals surface area contributed by atoms with Gasteiger partial charge in [0.25, 0.3) is 0 Å². The van der Waals surface area contributed by atoms with Crippen LogP contribution in [0.25, 0.3) is 0 Å². The van der Waals surface area contributed by atoms with Crippen LogP contribution in [-0.2, 0) is 4.79 Å². The van der Waals surface area contributed by atoms with Crippen molar-refractivity contribution in [3.63, 3.8) is 0 Å². The molecule has 1 N–H and O–H groups in total. The Morgan fingerprint density at radius 3 is 2.42 bits per heavy atom. The summed E-state index contributed by atoms with van der Waals surface area (Å²) in [6, 6.07) is 0. The van der Waals surface area contributed by atoms with Crippen molar-refractivity contribution in [2.24, 2.45) is 17.3 Å². The van der Waals surface area contributed by atoms with Crippen molar-refractivity contribution >= 4 is 5.78 Å². The van der Waals surface area contributed by atoms with Gasteiger partial charge in [0.05, 0.1) is 6.10 Å². The van der Waals surface area contributed by atoms with E-state index in [0.29, 0.717) is 12.2 Å². The Balaban J connectivity index is 2.85. The number of aliphatic hydroxyl groups excluding tert-OH is 1. The molecule has 0 unspecified atom stereocenters. The summed E-state index contributed by atoms with van der Waals surface area (Å²) < 4.78 is 0. The number of ketones is 1. The molecule has 0 aromatic carbocycles. The maximum Gasteiger partial charge on any atom is 0.141 e. The first-order valence-corrected chi connectivity index (χ1v) is 4.58. The molecule has 70 valence electrons. The molecule has 12 heavy (non-hydrogen) atoms. The number of carbonyl (C=O) groups excluding carboxylic acids is 1. The molecule has 0 radical (unpaired) electrons. The largest absolute Gasteiger partial charge is 0.393 e. The minimum atomic E-state index is -0.328. The molecule has 1 rings (SSSR count). The lowest BCUT2D eigenvalue weighted by Gasteiger charge is -2.39. The van der Waals surface area contributed by atoms with Gasteiger partial charge in [-0.25, -0.2) is 0 Å². The number of hydrogen-bond donors (Lipinski definition) is 1. The predicted octanol–water partition coefficient (Wildman–Crippen LogP) is 1.62. The molecule has 1 fully saturated rings. The average molecular weight is 170 g/mol. The summed E-state index contributed by atoms with van der Waals surface area (Å²) in [6.07, 6.45) is 0.296. The molecule has 1 saturated carbocycles. The van der Waals surface area contributed by atoms with Gasteiger partial charge in [0, 0.05) is 11.3 Å². The van der Waals surface area contributed by atoms with Gasteiger partial charge in [-0.15, -0.1) is 0 Å². The molecule has 0 amide bonds.